The molecule has 1 atom stereocenters. The van der Waals surface area contributed by atoms with Gasteiger partial charge in [0.2, 0.25) is 5.91 Å². The maximum atomic E-state index is 13.1. The molecule has 0 aliphatic rings. The number of hydrogen-bond donors (Lipinski definition) is 1. The number of para-hydroxylation sites is 2. The van der Waals surface area contributed by atoms with Gasteiger partial charge in [0.15, 0.2) is 5.16 Å². The van der Waals surface area contributed by atoms with Crippen LogP contribution in [0.4, 0.5) is 5.69 Å². The van der Waals surface area contributed by atoms with E-state index in [0.717, 1.165) is 11.3 Å². The Balaban J connectivity index is 1.84. The molecule has 1 amide bonds. The molecule has 7 heteroatoms. The molecular formula is C23H27N3O3S. The Morgan fingerprint density at radius 2 is 1.93 bits per heavy atom. The normalized spacial score (nSPS) is 12.1. The first-order valence-corrected chi connectivity index (χ1v) is 11.0. The van der Waals surface area contributed by atoms with Crippen LogP contribution in [-0.4, -0.2) is 33.9 Å². The van der Waals surface area contributed by atoms with Crippen molar-refractivity contribution in [2.24, 2.45) is 0 Å². The van der Waals surface area contributed by atoms with Crippen molar-refractivity contribution in [1.29, 1.82) is 0 Å². The van der Waals surface area contributed by atoms with Crippen LogP contribution in [0.1, 0.15) is 25.8 Å². The summed E-state index contributed by atoms with van der Waals surface area (Å²) in [5.41, 5.74) is 2.33. The first-order chi connectivity index (χ1) is 14.5. The molecule has 2 aromatic carbocycles. The third-order valence-electron chi connectivity index (χ3n) is 4.76. The van der Waals surface area contributed by atoms with Crippen LogP contribution in [-0.2, 0) is 16.1 Å². The highest BCUT2D eigenvalue weighted by Crippen LogP contribution is 2.24. The summed E-state index contributed by atoms with van der Waals surface area (Å²) in [7, 11) is 0. The van der Waals surface area contributed by atoms with Crippen LogP contribution < -0.4 is 10.9 Å². The topological polar surface area (TPSA) is 73.2 Å². The Bertz CT molecular complexity index is 1080. The van der Waals surface area contributed by atoms with E-state index in [1.807, 2.05) is 63.2 Å². The number of benzene rings is 2. The van der Waals surface area contributed by atoms with Gasteiger partial charge in [-0.15, -0.1) is 0 Å². The van der Waals surface area contributed by atoms with Crippen molar-refractivity contribution in [1.82, 2.24) is 9.55 Å². The van der Waals surface area contributed by atoms with Gasteiger partial charge >= 0.3 is 0 Å². The highest BCUT2D eigenvalue weighted by atomic mass is 32.2. The van der Waals surface area contributed by atoms with Gasteiger partial charge in [0, 0.05) is 25.4 Å². The number of nitrogens with zero attached hydrogens (tertiary/aromatic N) is 2. The lowest BCUT2D eigenvalue weighted by Gasteiger charge is -2.17. The number of nitrogens with one attached hydrogen (secondary N) is 1. The van der Waals surface area contributed by atoms with E-state index in [1.165, 1.54) is 11.8 Å². The van der Waals surface area contributed by atoms with Crippen LogP contribution in [0.2, 0.25) is 0 Å². The largest absolute Gasteiger partial charge is 0.382 e. The molecule has 0 unspecified atom stereocenters. The summed E-state index contributed by atoms with van der Waals surface area (Å²) in [6, 6.07) is 15.0. The molecule has 0 radical (unpaired) electrons. The molecule has 30 heavy (non-hydrogen) atoms. The van der Waals surface area contributed by atoms with Crippen LogP contribution in [0.3, 0.4) is 0 Å². The van der Waals surface area contributed by atoms with Crippen molar-refractivity contribution in [3.8, 4) is 0 Å². The molecule has 158 valence electrons. The van der Waals surface area contributed by atoms with Gasteiger partial charge in [-0.2, -0.15) is 0 Å². The molecule has 0 spiro atoms. The van der Waals surface area contributed by atoms with Gasteiger partial charge in [0.05, 0.1) is 16.2 Å². The maximum Gasteiger partial charge on any atom is 0.262 e. The third-order valence-corrected chi connectivity index (χ3v) is 5.85. The predicted octanol–water partition coefficient (Wildman–Crippen LogP) is 4.25. The van der Waals surface area contributed by atoms with Gasteiger partial charge in [0.25, 0.3) is 5.56 Å². The number of fused-ring (bicyclic) bond motifs is 1. The molecule has 0 fully saturated rings. The van der Waals surface area contributed by atoms with Gasteiger partial charge in [-0.25, -0.2) is 4.98 Å². The maximum absolute atomic E-state index is 13.1. The molecule has 6 nitrogen and oxygen atoms in total. The van der Waals surface area contributed by atoms with E-state index in [1.54, 1.807) is 10.6 Å². The minimum absolute atomic E-state index is 0.0916. The molecular weight excluding hydrogens is 398 g/mol. The number of anilines is 1. The lowest BCUT2D eigenvalue weighted by molar-refractivity contribution is -0.115. The molecule has 0 bridgehead atoms. The zero-order valence-corrected chi connectivity index (χ0v) is 18.4. The summed E-state index contributed by atoms with van der Waals surface area (Å²) < 4.78 is 7.07. The lowest BCUT2D eigenvalue weighted by Crippen LogP contribution is -2.27. The molecule has 0 saturated heterocycles. The Morgan fingerprint density at radius 3 is 2.70 bits per heavy atom. The highest BCUT2D eigenvalue weighted by Gasteiger charge is 2.20. The van der Waals surface area contributed by atoms with Crippen molar-refractivity contribution in [3.63, 3.8) is 0 Å². The highest BCUT2D eigenvalue weighted by molar-refractivity contribution is 8.00. The zero-order chi connectivity index (χ0) is 21.5. The molecule has 0 aliphatic carbocycles. The smallest absolute Gasteiger partial charge is 0.262 e. The minimum atomic E-state index is -0.421. The summed E-state index contributed by atoms with van der Waals surface area (Å²) in [5, 5.41) is 3.67. The van der Waals surface area contributed by atoms with Gasteiger partial charge in [-0.05, 0) is 51.0 Å². The molecule has 0 saturated carbocycles. The average molecular weight is 426 g/mol. The lowest BCUT2D eigenvalue weighted by atomic mass is 10.2. The predicted molar refractivity (Wildman–Crippen MR) is 122 cm³/mol. The number of carbonyl (C=O) groups is 1. The third kappa shape index (κ3) is 5.29. The van der Waals surface area contributed by atoms with E-state index in [9.17, 15) is 9.59 Å². The standard InChI is InChI=1S/C23H27N3O3S/c1-4-29-15-9-14-26-22(28)18-11-6-8-13-20(18)25-23(26)30-17(3)21(27)24-19-12-7-5-10-16(19)2/h5-8,10-13,17H,4,9,14-15H2,1-3H3,(H,24,27)/t17-/m1/s1. The van der Waals surface area contributed by atoms with Crippen molar-refractivity contribution in [2.75, 3.05) is 18.5 Å². The minimum Gasteiger partial charge on any atom is -0.382 e. The summed E-state index contributed by atoms with van der Waals surface area (Å²) in [4.78, 5) is 30.5. The number of aryl methyl sites for hydroxylation is 1. The van der Waals surface area contributed by atoms with Crippen LogP contribution in [0.25, 0.3) is 10.9 Å². The summed E-state index contributed by atoms with van der Waals surface area (Å²) >= 11 is 1.30. The fourth-order valence-corrected chi connectivity index (χ4v) is 4.00. The van der Waals surface area contributed by atoms with Crippen LogP contribution >= 0.6 is 11.8 Å². The van der Waals surface area contributed by atoms with E-state index in [4.69, 9.17) is 4.74 Å². The Labute approximate surface area is 180 Å². The van der Waals surface area contributed by atoms with Gasteiger partial charge in [-0.3, -0.25) is 14.2 Å². The summed E-state index contributed by atoms with van der Waals surface area (Å²) in [5.74, 6) is -0.127. The molecule has 3 rings (SSSR count). The molecule has 1 aromatic heterocycles. The fourth-order valence-electron chi connectivity index (χ4n) is 3.06. The number of thioether (sulfide) groups is 1. The van der Waals surface area contributed by atoms with E-state index in [-0.39, 0.29) is 11.5 Å². The molecule has 1 N–H and O–H groups in total. The van der Waals surface area contributed by atoms with Gasteiger partial charge < -0.3 is 10.1 Å². The molecule has 3 aromatic rings. The van der Waals surface area contributed by atoms with E-state index >= 15 is 0 Å². The Morgan fingerprint density at radius 1 is 1.20 bits per heavy atom. The quantitative estimate of drug-likeness (QED) is 0.315. The van der Waals surface area contributed by atoms with Crippen molar-refractivity contribution in [3.05, 3.63) is 64.4 Å². The van der Waals surface area contributed by atoms with Gasteiger partial charge in [-0.1, -0.05) is 42.1 Å². The Hall–Kier alpha value is -2.64. The first kappa shape index (κ1) is 22.1. The first-order valence-electron chi connectivity index (χ1n) is 10.1. The fraction of sp³-hybridized carbons (Fsp3) is 0.348. The number of carbonyl (C=O) groups excluding carboxylic acids is 1. The van der Waals surface area contributed by atoms with Crippen molar-refractivity contribution < 1.29 is 9.53 Å². The van der Waals surface area contributed by atoms with Crippen molar-refractivity contribution >= 4 is 34.3 Å². The van der Waals surface area contributed by atoms with E-state index in [2.05, 4.69) is 10.3 Å². The average Bonchev–Trinajstić information content (AvgIpc) is 2.74. The number of rotatable bonds is 9. The zero-order valence-electron chi connectivity index (χ0n) is 17.6. The summed E-state index contributed by atoms with van der Waals surface area (Å²) in [6.07, 6.45) is 0.700. The second-order valence-electron chi connectivity index (χ2n) is 6.98. The monoisotopic (exact) mass is 425 g/mol. The van der Waals surface area contributed by atoms with Crippen LogP contribution in [0.15, 0.2) is 58.5 Å². The number of amides is 1. The second kappa shape index (κ2) is 10.4. The molecule has 0 aliphatic heterocycles. The number of hydrogen-bond acceptors (Lipinski definition) is 5. The number of ether oxygens (including phenoxy) is 1. The van der Waals surface area contributed by atoms with Gasteiger partial charge in [0.1, 0.15) is 0 Å². The van der Waals surface area contributed by atoms with E-state index < -0.39 is 5.25 Å². The van der Waals surface area contributed by atoms with E-state index in [0.29, 0.717) is 42.2 Å². The molecule has 1 heterocycles. The Kier molecular flexibility index (Phi) is 7.65. The second-order valence-corrected chi connectivity index (χ2v) is 8.29. The SMILES string of the molecule is CCOCCCn1c(S[C@H](C)C(=O)Nc2ccccc2C)nc2ccccc2c1=O. The van der Waals surface area contributed by atoms with Crippen LogP contribution in [0.5, 0.6) is 0 Å². The number of aromatic nitrogens is 2. The van der Waals surface area contributed by atoms with Crippen molar-refractivity contribution in [2.45, 2.75) is 44.1 Å². The summed E-state index contributed by atoms with van der Waals surface area (Å²) in [6.45, 7) is 7.43. The van der Waals surface area contributed by atoms with Crippen LogP contribution in [0, 0.1) is 6.92 Å².